The van der Waals surface area contributed by atoms with E-state index in [-0.39, 0.29) is 0 Å². The number of hydrogen-bond donors (Lipinski definition) is 0. The summed E-state index contributed by atoms with van der Waals surface area (Å²) in [5.41, 5.74) is 2.48. The van der Waals surface area contributed by atoms with Gasteiger partial charge in [0.05, 0.1) is 6.20 Å². The minimum Gasteiger partial charge on any atom is -0.262 e. The first-order valence-electron chi connectivity index (χ1n) is 2.91. The van der Waals surface area contributed by atoms with Crippen molar-refractivity contribution in [2.24, 2.45) is 0 Å². The van der Waals surface area contributed by atoms with Gasteiger partial charge in [-0.15, -0.1) is 0 Å². The van der Waals surface area contributed by atoms with Crippen LogP contribution in [0.15, 0.2) is 17.0 Å². The predicted octanol–water partition coefficient (Wildman–Crippen LogP) is 0.926. The van der Waals surface area contributed by atoms with Gasteiger partial charge in [-0.2, -0.15) is 0 Å². The average Bonchev–Trinajstić information content (AvgIpc) is 2.36. The van der Waals surface area contributed by atoms with E-state index in [0.717, 1.165) is 11.1 Å². The Labute approximate surface area is 56.8 Å². The lowest BCUT2D eigenvalue weighted by atomic mass is 10.3. The van der Waals surface area contributed by atoms with Crippen LogP contribution in [0.5, 0.6) is 0 Å². The standard InChI is InChI=1S/C6H5N3O/c1-4-2-7-3-5-6(4)9-10-8-5/h2-3H,1H3. The molecule has 0 aromatic carbocycles. The second-order valence-corrected chi connectivity index (χ2v) is 2.09. The van der Waals surface area contributed by atoms with Crippen LogP contribution in [0.1, 0.15) is 5.56 Å². The molecule has 2 aromatic heterocycles. The van der Waals surface area contributed by atoms with Crippen molar-refractivity contribution in [2.45, 2.75) is 6.92 Å². The van der Waals surface area contributed by atoms with E-state index in [1.807, 2.05) is 6.92 Å². The Morgan fingerprint density at radius 2 is 2.20 bits per heavy atom. The summed E-state index contributed by atoms with van der Waals surface area (Å²) in [7, 11) is 0. The topological polar surface area (TPSA) is 51.8 Å². The molecule has 0 aliphatic carbocycles. The molecule has 0 saturated heterocycles. The van der Waals surface area contributed by atoms with Crippen molar-refractivity contribution in [1.29, 1.82) is 0 Å². The predicted molar refractivity (Wildman–Crippen MR) is 34.3 cm³/mol. The molecule has 10 heavy (non-hydrogen) atoms. The van der Waals surface area contributed by atoms with Crippen molar-refractivity contribution in [3.63, 3.8) is 0 Å². The van der Waals surface area contributed by atoms with E-state index in [4.69, 9.17) is 0 Å². The first-order chi connectivity index (χ1) is 4.88. The number of fused-ring (bicyclic) bond motifs is 1. The number of pyridine rings is 1. The molecule has 0 unspecified atom stereocenters. The lowest BCUT2D eigenvalue weighted by Crippen LogP contribution is -1.78. The van der Waals surface area contributed by atoms with Crippen molar-refractivity contribution in [3.05, 3.63) is 18.0 Å². The molecular formula is C6H5N3O. The number of nitrogens with zero attached hydrogens (tertiary/aromatic N) is 3. The van der Waals surface area contributed by atoms with Gasteiger partial charge >= 0.3 is 0 Å². The summed E-state index contributed by atoms with van der Waals surface area (Å²) in [6.45, 7) is 1.92. The Balaban J connectivity index is 2.95. The van der Waals surface area contributed by atoms with E-state index in [2.05, 4.69) is 19.9 Å². The summed E-state index contributed by atoms with van der Waals surface area (Å²) in [5, 5.41) is 7.32. The maximum atomic E-state index is 4.51. The molecule has 0 atom stereocenters. The summed E-state index contributed by atoms with van der Waals surface area (Å²) >= 11 is 0. The van der Waals surface area contributed by atoms with Crippen molar-refractivity contribution < 1.29 is 4.63 Å². The van der Waals surface area contributed by atoms with Crippen LogP contribution in [-0.4, -0.2) is 15.3 Å². The van der Waals surface area contributed by atoms with Crippen LogP contribution >= 0.6 is 0 Å². The van der Waals surface area contributed by atoms with E-state index < -0.39 is 0 Å². The van der Waals surface area contributed by atoms with Gasteiger partial charge in [-0.25, -0.2) is 4.63 Å². The van der Waals surface area contributed by atoms with Crippen LogP contribution < -0.4 is 0 Å². The lowest BCUT2D eigenvalue weighted by molar-refractivity contribution is 0.315. The Kier molecular flexibility index (Phi) is 0.943. The van der Waals surface area contributed by atoms with Crippen molar-refractivity contribution >= 4 is 11.0 Å². The third-order valence-corrected chi connectivity index (χ3v) is 1.35. The molecule has 0 spiro atoms. The van der Waals surface area contributed by atoms with E-state index >= 15 is 0 Å². The summed E-state index contributed by atoms with van der Waals surface area (Å²) in [6, 6.07) is 0. The highest BCUT2D eigenvalue weighted by molar-refractivity contribution is 5.74. The van der Waals surface area contributed by atoms with Crippen LogP contribution in [-0.2, 0) is 0 Å². The van der Waals surface area contributed by atoms with Gasteiger partial charge in [-0.1, -0.05) is 0 Å². The van der Waals surface area contributed by atoms with Crippen molar-refractivity contribution in [2.75, 3.05) is 0 Å². The Morgan fingerprint density at radius 1 is 1.30 bits per heavy atom. The van der Waals surface area contributed by atoms with E-state index in [1.165, 1.54) is 0 Å². The van der Waals surface area contributed by atoms with E-state index in [1.54, 1.807) is 12.4 Å². The maximum Gasteiger partial charge on any atom is 0.153 e. The highest BCUT2D eigenvalue weighted by atomic mass is 16.6. The van der Waals surface area contributed by atoms with Crippen LogP contribution in [0, 0.1) is 6.92 Å². The van der Waals surface area contributed by atoms with Gasteiger partial charge in [0.15, 0.2) is 5.52 Å². The highest BCUT2D eigenvalue weighted by Gasteiger charge is 2.00. The van der Waals surface area contributed by atoms with Gasteiger partial charge in [0.25, 0.3) is 0 Å². The van der Waals surface area contributed by atoms with Gasteiger partial charge in [0.1, 0.15) is 5.52 Å². The molecule has 4 nitrogen and oxygen atoms in total. The molecule has 2 heterocycles. The summed E-state index contributed by atoms with van der Waals surface area (Å²) < 4.78 is 4.51. The summed E-state index contributed by atoms with van der Waals surface area (Å²) in [5.74, 6) is 0. The Morgan fingerprint density at radius 3 is 3.00 bits per heavy atom. The van der Waals surface area contributed by atoms with Gasteiger partial charge < -0.3 is 0 Å². The molecule has 2 aromatic rings. The molecule has 50 valence electrons. The zero-order chi connectivity index (χ0) is 6.97. The van der Waals surface area contributed by atoms with Crippen LogP contribution in [0.4, 0.5) is 0 Å². The quantitative estimate of drug-likeness (QED) is 0.539. The molecule has 4 heteroatoms. The monoisotopic (exact) mass is 135 g/mol. The van der Waals surface area contributed by atoms with Crippen LogP contribution in [0.2, 0.25) is 0 Å². The van der Waals surface area contributed by atoms with Gasteiger partial charge in [0, 0.05) is 6.20 Å². The van der Waals surface area contributed by atoms with Crippen LogP contribution in [0.3, 0.4) is 0 Å². The number of rotatable bonds is 0. The van der Waals surface area contributed by atoms with E-state index in [0.29, 0.717) is 5.52 Å². The first kappa shape index (κ1) is 5.34. The highest BCUT2D eigenvalue weighted by Crippen LogP contribution is 2.09. The molecule has 0 bridgehead atoms. The van der Waals surface area contributed by atoms with Gasteiger partial charge in [-0.05, 0) is 22.8 Å². The second-order valence-electron chi connectivity index (χ2n) is 2.09. The second kappa shape index (κ2) is 1.76. The fourth-order valence-corrected chi connectivity index (χ4v) is 0.835. The molecular weight excluding hydrogens is 130 g/mol. The summed E-state index contributed by atoms with van der Waals surface area (Å²) in [4.78, 5) is 3.92. The van der Waals surface area contributed by atoms with E-state index in [9.17, 15) is 0 Å². The lowest BCUT2D eigenvalue weighted by Gasteiger charge is -1.86. The number of hydrogen-bond acceptors (Lipinski definition) is 4. The largest absolute Gasteiger partial charge is 0.262 e. The smallest absolute Gasteiger partial charge is 0.153 e. The molecule has 0 N–H and O–H groups in total. The minimum absolute atomic E-state index is 0.708. The summed E-state index contributed by atoms with van der Waals surface area (Å²) in [6.07, 6.45) is 3.35. The minimum atomic E-state index is 0.708. The number of aromatic nitrogens is 3. The van der Waals surface area contributed by atoms with Crippen molar-refractivity contribution in [3.8, 4) is 0 Å². The van der Waals surface area contributed by atoms with Crippen molar-refractivity contribution in [1.82, 2.24) is 15.3 Å². The Hall–Kier alpha value is -1.45. The third-order valence-electron chi connectivity index (χ3n) is 1.35. The number of aryl methyl sites for hydroxylation is 1. The normalized spacial score (nSPS) is 10.5. The molecule has 0 amide bonds. The molecule has 2 rings (SSSR count). The zero-order valence-electron chi connectivity index (χ0n) is 5.40. The Bertz CT molecular complexity index is 355. The molecule has 0 fully saturated rings. The molecule has 0 saturated carbocycles. The average molecular weight is 135 g/mol. The van der Waals surface area contributed by atoms with Gasteiger partial charge in [0.2, 0.25) is 0 Å². The molecule has 0 aliphatic heterocycles. The van der Waals surface area contributed by atoms with Crippen LogP contribution in [0.25, 0.3) is 11.0 Å². The fraction of sp³-hybridized carbons (Fsp3) is 0.167. The molecule has 0 radical (unpaired) electrons. The fourth-order valence-electron chi connectivity index (χ4n) is 0.835. The van der Waals surface area contributed by atoms with Gasteiger partial charge in [-0.3, -0.25) is 4.98 Å². The first-order valence-corrected chi connectivity index (χ1v) is 2.91. The third kappa shape index (κ3) is 0.586. The maximum absolute atomic E-state index is 4.51. The molecule has 0 aliphatic rings. The SMILES string of the molecule is Cc1cncc2nonc12. The zero-order valence-corrected chi connectivity index (χ0v) is 5.40.